The lowest BCUT2D eigenvalue weighted by molar-refractivity contribution is 0.0474. The molecular formula is C15H28N6O3. The molecule has 1 rings (SSSR count). The Hall–Kier alpha value is -2.32. The second kappa shape index (κ2) is 7.98. The predicted molar refractivity (Wildman–Crippen MR) is 90.7 cm³/mol. The number of guanidine groups is 1. The third kappa shape index (κ3) is 7.80. The van der Waals surface area contributed by atoms with Crippen LogP contribution in [0.3, 0.4) is 0 Å². The number of aliphatic imine (C=N–C) groups is 1. The number of aryl methyl sites for hydroxylation is 1. The molecule has 1 amide bonds. The van der Waals surface area contributed by atoms with Gasteiger partial charge in [-0.25, -0.2) is 4.79 Å². The van der Waals surface area contributed by atoms with Crippen molar-refractivity contribution in [3.05, 3.63) is 11.7 Å². The molecule has 0 aliphatic heterocycles. The van der Waals surface area contributed by atoms with Crippen LogP contribution >= 0.6 is 0 Å². The fourth-order valence-electron chi connectivity index (χ4n) is 1.72. The van der Waals surface area contributed by atoms with E-state index < -0.39 is 17.2 Å². The summed E-state index contributed by atoms with van der Waals surface area (Å²) in [5, 5.41) is 12.7. The summed E-state index contributed by atoms with van der Waals surface area (Å²) in [7, 11) is 1.66. The Balaban J connectivity index is 2.44. The van der Waals surface area contributed by atoms with E-state index in [0.717, 1.165) is 0 Å². The third-order valence-electron chi connectivity index (χ3n) is 2.74. The highest BCUT2D eigenvalue weighted by molar-refractivity contribution is 5.79. The smallest absolute Gasteiger partial charge is 0.408 e. The van der Waals surface area contributed by atoms with Gasteiger partial charge in [0.1, 0.15) is 5.60 Å². The van der Waals surface area contributed by atoms with Gasteiger partial charge in [-0.1, -0.05) is 5.16 Å². The van der Waals surface area contributed by atoms with E-state index in [1.807, 2.05) is 34.6 Å². The van der Waals surface area contributed by atoms with E-state index in [2.05, 4.69) is 31.1 Å². The van der Waals surface area contributed by atoms with Gasteiger partial charge in [0.05, 0.1) is 12.1 Å². The number of carbonyl (C=O) groups excluding carboxylic acids is 1. The third-order valence-corrected chi connectivity index (χ3v) is 2.74. The molecule has 0 atom stereocenters. The Morgan fingerprint density at radius 1 is 1.25 bits per heavy atom. The lowest BCUT2D eigenvalue weighted by Crippen LogP contribution is -2.54. The topological polar surface area (TPSA) is 114 Å². The standard InChI is InChI=1S/C15H28N6O3/c1-10-19-11(24-21-10)8-17-12(16-7)18-9-15(5,6)20-13(22)23-14(2,3)4/h8-9H2,1-7H3,(H,20,22)(H2,16,17,18). The lowest BCUT2D eigenvalue weighted by atomic mass is 10.1. The van der Waals surface area contributed by atoms with Crippen LogP contribution in [0.25, 0.3) is 0 Å². The van der Waals surface area contributed by atoms with Gasteiger partial charge < -0.3 is 25.2 Å². The SMILES string of the molecule is CN=C(NCc1nc(C)no1)NCC(C)(C)NC(=O)OC(C)(C)C. The number of ether oxygens (including phenoxy) is 1. The molecule has 0 aliphatic carbocycles. The molecule has 1 aromatic heterocycles. The fraction of sp³-hybridized carbons (Fsp3) is 0.733. The maximum Gasteiger partial charge on any atom is 0.408 e. The van der Waals surface area contributed by atoms with E-state index >= 15 is 0 Å². The van der Waals surface area contributed by atoms with Crippen molar-refractivity contribution in [3.8, 4) is 0 Å². The van der Waals surface area contributed by atoms with Crippen molar-refractivity contribution in [2.45, 2.75) is 59.2 Å². The zero-order valence-electron chi connectivity index (χ0n) is 15.5. The first-order chi connectivity index (χ1) is 11.0. The van der Waals surface area contributed by atoms with Gasteiger partial charge in [-0.15, -0.1) is 0 Å². The second-order valence-electron chi connectivity index (χ2n) is 7.03. The van der Waals surface area contributed by atoms with E-state index in [1.165, 1.54) is 0 Å². The van der Waals surface area contributed by atoms with Gasteiger partial charge in [-0.3, -0.25) is 4.99 Å². The molecule has 0 saturated heterocycles. The Morgan fingerprint density at radius 2 is 1.92 bits per heavy atom. The summed E-state index contributed by atoms with van der Waals surface area (Å²) in [5.74, 6) is 1.61. The minimum atomic E-state index is -0.534. The van der Waals surface area contributed by atoms with Crippen molar-refractivity contribution in [2.75, 3.05) is 13.6 Å². The van der Waals surface area contributed by atoms with Crippen molar-refractivity contribution in [1.29, 1.82) is 0 Å². The molecule has 136 valence electrons. The lowest BCUT2D eigenvalue weighted by Gasteiger charge is -2.29. The molecule has 9 nitrogen and oxygen atoms in total. The van der Waals surface area contributed by atoms with Crippen LogP contribution in [0, 0.1) is 6.92 Å². The summed E-state index contributed by atoms with van der Waals surface area (Å²) in [6, 6.07) is 0. The first-order valence-corrected chi connectivity index (χ1v) is 7.75. The molecule has 0 aromatic carbocycles. The van der Waals surface area contributed by atoms with E-state index in [1.54, 1.807) is 14.0 Å². The molecule has 24 heavy (non-hydrogen) atoms. The summed E-state index contributed by atoms with van der Waals surface area (Å²) in [6.07, 6.45) is -0.460. The van der Waals surface area contributed by atoms with Crippen molar-refractivity contribution >= 4 is 12.1 Å². The van der Waals surface area contributed by atoms with Gasteiger partial charge in [0.15, 0.2) is 11.8 Å². The molecule has 0 aliphatic rings. The molecule has 0 fully saturated rings. The fourth-order valence-corrected chi connectivity index (χ4v) is 1.72. The average molecular weight is 340 g/mol. The van der Waals surface area contributed by atoms with Crippen molar-refractivity contribution < 1.29 is 14.1 Å². The zero-order chi connectivity index (χ0) is 18.4. The van der Waals surface area contributed by atoms with E-state index in [4.69, 9.17) is 9.26 Å². The van der Waals surface area contributed by atoms with Crippen LogP contribution in [0.2, 0.25) is 0 Å². The highest BCUT2D eigenvalue weighted by atomic mass is 16.6. The molecule has 0 spiro atoms. The van der Waals surface area contributed by atoms with Gasteiger partial charge in [-0.2, -0.15) is 4.98 Å². The number of aromatic nitrogens is 2. The van der Waals surface area contributed by atoms with Gasteiger partial charge in [0.2, 0.25) is 5.89 Å². The molecule has 3 N–H and O–H groups in total. The normalized spacial score (nSPS) is 12.7. The molecule has 1 heterocycles. The molecule has 1 aromatic rings. The monoisotopic (exact) mass is 340 g/mol. The summed E-state index contributed by atoms with van der Waals surface area (Å²) in [5.41, 5.74) is -1.06. The Labute approximate surface area is 142 Å². The van der Waals surface area contributed by atoms with Gasteiger partial charge in [-0.05, 0) is 41.5 Å². The minimum Gasteiger partial charge on any atom is -0.444 e. The number of rotatable bonds is 5. The average Bonchev–Trinajstić information content (AvgIpc) is 2.81. The summed E-state index contributed by atoms with van der Waals surface area (Å²) >= 11 is 0. The Morgan fingerprint density at radius 3 is 2.42 bits per heavy atom. The minimum absolute atomic E-state index is 0.362. The van der Waals surface area contributed by atoms with Gasteiger partial charge >= 0.3 is 6.09 Å². The summed E-state index contributed by atoms with van der Waals surface area (Å²) < 4.78 is 10.3. The van der Waals surface area contributed by atoms with E-state index in [-0.39, 0.29) is 0 Å². The zero-order valence-corrected chi connectivity index (χ0v) is 15.5. The largest absolute Gasteiger partial charge is 0.444 e. The number of alkyl carbamates (subject to hydrolysis) is 1. The van der Waals surface area contributed by atoms with Crippen LogP contribution in [0.5, 0.6) is 0 Å². The first kappa shape index (κ1) is 19.7. The number of amides is 1. The predicted octanol–water partition coefficient (Wildman–Crippen LogP) is 1.35. The first-order valence-electron chi connectivity index (χ1n) is 7.75. The number of hydrogen-bond acceptors (Lipinski definition) is 6. The maximum absolute atomic E-state index is 11.9. The van der Waals surface area contributed by atoms with Crippen LogP contribution in [0.4, 0.5) is 4.79 Å². The Bertz CT molecular complexity index is 574. The number of nitrogens with zero attached hydrogens (tertiary/aromatic N) is 3. The Kier molecular flexibility index (Phi) is 6.56. The molecule has 0 unspecified atom stereocenters. The highest BCUT2D eigenvalue weighted by Crippen LogP contribution is 2.09. The van der Waals surface area contributed by atoms with Crippen LogP contribution < -0.4 is 16.0 Å². The van der Waals surface area contributed by atoms with Crippen LogP contribution in [-0.4, -0.2) is 46.9 Å². The van der Waals surface area contributed by atoms with Crippen molar-refractivity contribution in [1.82, 2.24) is 26.1 Å². The second-order valence-corrected chi connectivity index (χ2v) is 7.03. The maximum atomic E-state index is 11.9. The number of carbonyl (C=O) groups is 1. The van der Waals surface area contributed by atoms with Crippen molar-refractivity contribution in [2.24, 2.45) is 4.99 Å². The van der Waals surface area contributed by atoms with E-state index in [9.17, 15) is 4.79 Å². The summed E-state index contributed by atoms with van der Waals surface area (Å²) in [4.78, 5) is 20.1. The molecule has 0 bridgehead atoms. The van der Waals surface area contributed by atoms with Crippen LogP contribution in [0.1, 0.15) is 46.3 Å². The molecule has 0 radical (unpaired) electrons. The molecule has 9 heteroatoms. The molecule has 0 saturated carbocycles. The van der Waals surface area contributed by atoms with Gasteiger partial charge in [0.25, 0.3) is 0 Å². The number of nitrogens with one attached hydrogen (secondary N) is 3. The van der Waals surface area contributed by atoms with Crippen LogP contribution in [0.15, 0.2) is 9.52 Å². The van der Waals surface area contributed by atoms with Crippen LogP contribution in [-0.2, 0) is 11.3 Å². The highest BCUT2D eigenvalue weighted by Gasteiger charge is 2.24. The van der Waals surface area contributed by atoms with Crippen molar-refractivity contribution in [3.63, 3.8) is 0 Å². The van der Waals surface area contributed by atoms with Gasteiger partial charge in [0, 0.05) is 13.6 Å². The number of hydrogen-bond donors (Lipinski definition) is 3. The quantitative estimate of drug-likeness (QED) is 0.547. The molecular weight excluding hydrogens is 312 g/mol. The van der Waals surface area contributed by atoms with E-state index in [0.29, 0.717) is 30.8 Å². The summed E-state index contributed by atoms with van der Waals surface area (Å²) in [6.45, 7) is 11.8.